The Balaban J connectivity index is 2.78. The number of hydrogen-bond donors (Lipinski definition) is 0. The smallest absolute Gasteiger partial charge is 0.322 e. The molecule has 0 aromatic carbocycles. The minimum Gasteiger partial charge on any atom is -0.425 e. The van der Waals surface area contributed by atoms with E-state index in [-0.39, 0.29) is 0 Å². The number of allylic oxidation sites excluding steroid dienone is 3. The quantitative estimate of drug-likeness (QED) is 0.558. The van der Waals surface area contributed by atoms with Crippen molar-refractivity contribution in [1.82, 2.24) is 9.97 Å². The summed E-state index contributed by atoms with van der Waals surface area (Å²) in [6.07, 6.45) is 8.43. The van der Waals surface area contributed by atoms with Crippen LogP contribution in [0.5, 0.6) is 6.01 Å². The van der Waals surface area contributed by atoms with Gasteiger partial charge in [-0.05, 0) is 38.5 Å². The van der Waals surface area contributed by atoms with Crippen LogP contribution in [0.2, 0.25) is 0 Å². The standard InChI is InChI=1S/C12H16N2O/c1-4-6-11(7-5-2)15-12-13-9-8-10(3)14-12/h4,6-9H,5H2,1-3H3. The molecule has 3 heteroatoms. The molecule has 0 saturated heterocycles. The fourth-order valence-corrected chi connectivity index (χ4v) is 1.09. The lowest BCUT2D eigenvalue weighted by Gasteiger charge is -2.04. The highest BCUT2D eigenvalue weighted by Crippen LogP contribution is 2.08. The molecule has 0 aliphatic heterocycles. The van der Waals surface area contributed by atoms with E-state index < -0.39 is 0 Å². The molecule has 15 heavy (non-hydrogen) atoms. The maximum absolute atomic E-state index is 5.53. The molecule has 0 aliphatic carbocycles. The predicted octanol–water partition coefficient (Wildman–Crippen LogP) is 3.03. The Bertz CT molecular complexity index is 370. The molecule has 0 amide bonds. The van der Waals surface area contributed by atoms with Gasteiger partial charge in [0, 0.05) is 11.9 Å². The Morgan fingerprint density at radius 1 is 1.53 bits per heavy atom. The largest absolute Gasteiger partial charge is 0.425 e. The van der Waals surface area contributed by atoms with Crippen molar-refractivity contribution in [2.45, 2.75) is 27.2 Å². The van der Waals surface area contributed by atoms with E-state index >= 15 is 0 Å². The van der Waals surface area contributed by atoms with Gasteiger partial charge in [0.05, 0.1) is 0 Å². The summed E-state index contributed by atoms with van der Waals surface area (Å²) in [5.74, 6) is 0.783. The summed E-state index contributed by atoms with van der Waals surface area (Å²) in [5.41, 5.74) is 0.899. The number of aromatic nitrogens is 2. The van der Waals surface area contributed by atoms with Gasteiger partial charge in [-0.1, -0.05) is 13.0 Å². The van der Waals surface area contributed by atoms with E-state index in [0.29, 0.717) is 6.01 Å². The highest BCUT2D eigenvalue weighted by molar-refractivity contribution is 5.16. The molecule has 0 bridgehead atoms. The third-order valence-electron chi connectivity index (χ3n) is 1.72. The fourth-order valence-electron chi connectivity index (χ4n) is 1.09. The zero-order valence-corrected chi connectivity index (χ0v) is 9.40. The second-order valence-electron chi connectivity index (χ2n) is 3.10. The van der Waals surface area contributed by atoms with Gasteiger partial charge in [0.2, 0.25) is 0 Å². The van der Waals surface area contributed by atoms with Crippen molar-refractivity contribution in [3.63, 3.8) is 0 Å². The van der Waals surface area contributed by atoms with Crippen LogP contribution in [0.1, 0.15) is 26.0 Å². The van der Waals surface area contributed by atoms with Gasteiger partial charge in [0.25, 0.3) is 0 Å². The first kappa shape index (κ1) is 11.4. The van der Waals surface area contributed by atoms with E-state index in [2.05, 4.69) is 16.9 Å². The van der Waals surface area contributed by atoms with Gasteiger partial charge in [0.15, 0.2) is 0 Å². The zero-order valence-electron chi connectivity index (χ0n) is 9.40. The monoisotopic (exact) mass is 204 g/mol. The number of aryl methyl sites for hydroxylation is 1. The van der Waals surface area contributed by atoms with Crippen LogP contribution in [0.25, 0.3) is 0 Å². The van der Waals surface area contributed by atoms with Crippen molar-refractivity contribution in [2.75, 3.05) is 0 Å². The molecule has 0 radical (unpaired) electrons. The maximum atomic E-state index is 5.53. The summed E-state index contributed by atoms with van der Waals surface area (Å²) in [7, 11) is 0. The minimum atomic E-state index is 0.396. The normalized spacial score (nSPS) is 12.1. The second kappa shape index (κ2) is 5.96. The molecular weight excluding hydrogens is 188 g/mol. The molecule has 0 spiro atoms. The lowest BCUT2D eigenvalue weighted by molar-refractivity contribution is 0.404. The first-order chi connectivity index (χ1) is 7.26. The van der Waals surface area contributed by atoms with Crippen LogP contribution in [-0.4, -0.2) is 9.97 Å². The molecule has 0 atom stereocenters. The molecular formula is C12H16N2O. The summed E-state index contributed by atoms with van der Waals surface area (Å²) in [4.78, 5) is 8.21. The fraction of sp³-hybridized carbons (Fsp3) is 0.333. The van der Waals surface area contributed by atoms with Crippen molar-refractivity contribution in [3.05, 3.63) is 41.9 Å². The van der Waals surface area contributed by atoms with Crippen LogP contribution in [0.15, 0.2) is 36.3 Å². The van der Waals surface area contributed by atoms with Crippen LogP contribution in [0.3, 0.4) is 0 Å². The highest BCUT2D eigenvalue weighted by Gasteiger charge is 1.99. The first-order valence-electron chi connectivity index (χ1n) is 5.06. The van der Waals surface area contributed by atoms with E-state index in [1.807, 2.05) is 38.1 Å². The van der Waals surface area contributed by atoms with Gasteiger partial charge in [-0.3, -0.25) is 0 Å². The molecule has 3 nitrogen and oxygen atoms in total. The highest BCUT2D eigenvalue weighted by atomic mass is 16.5. The third kappa shape index (κ3) is 3.94. The van der Waals surface area contributed by atoms with Gasteiger partial charge in [-0.25, -0.2) is 9.97 Å². The van der Waals surface area contributed by atoms with Gasteiger partial charge >= 0.3 is 6.01 Å². The summed E-state index contributed by atoms with van der Waals surface area (Å²) in [5, 5.41) is 0. The molecule has 1 aromatic heterocycles. The van der Waals surface area contributed by atoms with E-state index in [0.717, 1.165) is 17.9 Å². The van der Waals surface area contributed by atoms with Crippen LogP contribution >= 0.6 is 0 Å². The molecule has 1 rings (SSSR count). The Hall–Kier alpha value is -1.64. The summed E-state index contributed by atoms with van der Waals surface area (Å²) >= 11 is 0. The van der Waals surface area contributed by atoms with Crippen molar-refractivity contribution < 1.29 is 4.74 Å². The van der Waals surface area contributed by atoms with E-state index in [1.54, 1.807) is 6.20 Å². The van der Waals surface area contributed by atoms with Gasteiger partial charge in [-0.15, -0.1) is 0 Å². The Morgan fingerprint density at radius 2 is 2.33 bits per heavy atom. The van der Waals surface area contributed by atoms with Crippen molar-refractivity contribution in [3.8, 4) is 6.01 Å². The molecule has 0 unspecified atom stereocenters. The van der Waals surface area contributed by atoms with Gasteiger partial charge in [0.1, 0.15) is 5.76 Å². The molecule has 0 aliphatic rings. The van der Waals surface area contributed by atoms with Crippen LogP contribution in [0.4, 0.5) is 0 Å². The van der Waals surface area contributed by atoms with E-state index in [1.165, 1.54) is 0 Å². The third-order valence-corrected chi connectivity index (χ3v) is 1.72. The van der Waals surface area contributed by atoms with E-state index in [4.69, 9.17) is 4.74 Å². The summed E-state index contributed by atoms with van der Waals surface area (Å²) in [6.45, 7) is 5.92. The predicted molar refractivity (Wildman–Crippen MR) is 60.6 cm³/mol. The van der Waals surface area contributed by atoms with Crippen molar-refractivity contribution in [2.24, 2.45) is 0 Å². The number of nitrogens with zero attached hydrogens (tertiary/aromatic N) is 2. The van der Waals surface area contributed by atoms with Crippen LogP contribution in [0, 0.1) is 6.92 Å². The Labute approximate surface area is 90.5 Å². The topological polar surface area (TPSA) is 35.0 Å². The average molecular weight is 204 g/mol. The van der Waals surface area contributed by atoms with Crippen molar-refractivity contribution >= 4 is 0 Å². The lowest BCUT2D eigenvalue weighted by atomic mass is 10.3. The molecule has 80 valence electrons. The Morgan fingerprint density at radius 3 is 2.93 bits per heavy atom. The number of hydrogen-bond acceptors (Lipinski definition) is 3. The molecule has 0 fully saturated rings. The Kier molecular flexibility index (Phi) is 4.54. The SMILES string of the molecule is CC=CC(=CCC)Oc1nccc(C)n1. The first-order valence-corrected chi connectivity index (χ1v) is 5.06. The molecule has 1 heterocycles. The second-order valence-corrected chi connectivity index (χ2v) is 3.10. The maximum Gasteiger partial charge on any atom is 0.322 e. The minimum absolute atomic E-state index is 0.396. The molecule has 0 N–H and O–H groups in total. The van der Waals surface area contributed by atoms with Gasteiger partial charge < -0.3 is 4.74 Å². The zero-order chi connectivity index (χ0) is 11.1. The van der Waals surface area contributed by atoms with Crippen LogP contribution in [-0.2, 0) is 0 Å². The number of rotatable bonds is 4. The average Bonchev–Trinajstić information content (AvgIpc) is 2.18. The van der Waals surface area contributed by atoms with E-state index in [9.17, 15) is 0 Å². The summed E-state index contributed by atoms with van der Waals surface area (Å²) in [6, 6.07) is 2.24. The molecule has 1 aromatic rings. The van der Waals surface area contributed by atoms with Gasteiger partial charge in [-0.2, -0.15) is 0 Å². The number of ether oxygens (including phenoxy) is 1. The molecule has 0 saturated carbocycles. The lowest BCUT2D eigenvalue weighted by Crippen LogP contribution is -1.98. The summed E-state index contributed by atoms with van der Waals surface area (Å²) < 4.78 is 5.53. The van der Waals surface area contributed by atoms with Crippen LogP contribution < -0.4 is 4.74 Å². The van der Waals surface area contributed by atoms with Crippen molar-refractivity contribution in [1.29, 1.82) is 0 Å².